The van der Waals surface area contributed by atoms with Crippen molar-refractivity contribution in [2.24, 2.45) is 22.7 Å². The summed E-state index contributed by atoms with van der Waals surface area (Å²) < 4.78 is 5.92. The molecule has 6 nitrogen and oxygen atoms in total. The number of allylic oxidation sites excluding steroid dienone is 2. The number of nitrogens with one attached hydrogen (secondary N) is 1. The molecular formula is C23H37N3O3. The highest BCUT2D eigenvalue weighted by Crippen LogP contribution is 2.49. The molecule has 29 heavy (non-hydrogen) atoms. The summed E-state index contributed by atoms with van der Waals surface area (Å²) in [4.78, 5) is 18.0. The van der Waals surface area contributed by atoms with Crippen LogP contribution in [0.15, 0.2) is 28.1 Å². The van der Waals surface area contributed by atoms with Crippen LogP contribution in [0.3, 0.4) is 0 Å². The summed E-state index contributed by atoms with van der Waals surface area (Å²) in [6, 6.07) is 0. The number of hydrogen-bond donors (Lipinski definition) is 2. The molecule has 0 unspecified atom stereocenters. The zero-order valence-corrected chi connectivity index (χ0v) is 18.2. The van der Waals surface area contributed by atoms with Gasteiger partial charge >= 0.3 is 0 Å². The van der Waals surface area contributed by atoms with Crippen molar-refractivity contribution in [1.82, 2.24) is 10.2 Å². The second kappa shape index (κ2) is 9.43. The molecule has 2 heterocycles. The molecule has 2 N–H and O–H groups in total. The maximum Gasteiger partial charge on any atom is 0.226 e. The second-order valence-corrected chi connectivity index (χ2v) is 9.44. The number of aliphatic imine (C=N–C) groups is 1. The number of piperidine rings is 1. The van der Waals surface area contributed by atoms with E-state index in [1.54, 1.807) is 11.8 Å². The Morgan fingerprint density at radius 1 is 1.34 bits per heavy atom. The Hall–Kier alpha value is -1.66. The molecule has 1 amide bonds. The summed E-state index contributed by atoms with van der Waals surface area (Å²) in [6.45, 7) is 13.1. The molecule has 0 aromatic heterocycles. The lowest BCUT2D eigenvalue weighted by Crippen LogP contribution is -2.61. The maximum atomic E-state index is 12.2. The predicted molar refractivity (Wildman–Crippen MR) is 116 cm³/mol. The molecular weight excluding hydrogens is 366 g/mol. The van der Waals surface area contributed by atoms with Gasteiger partial charge in [0.05, 0.1) is 25.3 Å². The van der Waals surface area contributed by atoms with Gasteiger partial charge in [-0.15, -0.1) is 0 Å². The molecule has 162 valence electrons. The van der Waals surface area contributed by atoms with Gasteiger partial charge in [-0.2, -0.15) is 0 Å². The predicted octanol–water partition coefficient (Wildman–Crippen LogP) is 2.89. The third-order valence-electron chi connectivity index (χ3n) is 6.48. The molecule has 6 heteroatoms. The highest BCUT2D eigenvalue weighted by Gasteiger charge is 2.42. The number of β-amino-alcohol motifs (C(OH)–C–C–N with tert-alkyl or cyclic N) is 1. The standard InChI is InChI=1S/C23H37N3O3/c1-16(12-21(27)26-14-23(3,28)15-26)11-17(2)22(24-4)29-10-7-19-13-20(19)18-5-8-25-9-6-18/h11,18-20,25,28H,4-10,12-15H2,1-3H3/b16-11+,22-17+/t19-,20-/m1/s1. The normalized spacial score (nSPS) is 27.7. The first-order chi connectivity index (χ1) is 13.8. The summed E-state index contributed by atoms with van der Waals surface area (Å²) in [7, 11) is 0. The quantitative estimate of drug-likeness (QED) is 0.353. The van der Waals surface area contributed by atoms with E-state index in [0.717, 1.165) is 35.3 Å². The van der Waals surface area contributed by atoms with Crippen molar-refractivity contribution in [3.63, 3.8) is 0 Å². The maximum absolute atomic E-state index is 12.2. The van der Waals surface area contributed by atoms with E-state index in [1.165, 1.54) is 32.4 Å². The van der Waals surface area contributed by atoms with Gasteiger partial charge in [-0.3, -0.25) is 4.79 Å². The van der Waals surface area contributed by atoms with Crippen molar-refractivity contribution in [3.05, 3.63) is 23.1 Å². The summed E-state index contributed by atoms with van der Waals surface area (Å²) in [5, 5.41) is 13.2. The molecule has 0 aromatic carbocycles. The molecule has 0 spiro atoms. The number of likely N-dealkylation sites (tertiary alicyclic amines) is 1. The number of carbonyl (C=O) groups is 1. The third kappa shape index (κ3) is 6.16. The molecule has 1 aliphatic carbocycles. The van der Waals surface area contributed by atoms with E-state index < -0.39 is 5.60 Å². The Morgan fingerprint density at radius 3 is 2.66 bits per heavy atom. The highest BCUT2D eigenvalue weighted by molar-refractivity contribution is 5.79. The number of amides is 1. The number of aliphatic hydroxyl groups is 1. The Labute approximate surface area is 175 Å². The minimum absolute atomic E-state index is 0.0461. The summed E-state index contributed by atoms with van der Waals surface area (Å²) in [5.74, 6) is 3.19. The smallest absolute Gasteiger partial charge is 0.226 e. The molecule has 3 fully saturated rings. The topological polar surface area (TPSA) is 74.2 Å². The molecule has 0 aromatic rings. The van der Waals surface area contributed by atoms with Crippen molar-refractivity contribution >= 4 is 12.6 Å². The fraction of sp³-hybridized carbons (Fsp3) is 0.739. The SMILES string of the molecule is C=N/C(OCC[C@@H]1C[C@@H]1C1CCNCC1)=C(C)\C=C(/C)CC(=O)N1CC(C)(O)C1. The number of ether oxygens (including phenoxy) is 1. The molecule has 2 atom stereocenters. The molecule has 2 aliphatic heterocycles. The van der Waals surface area contributed by atoms with E-state index in [2.05, 4.69) is 17.0 Å². The number of rotatable bonds is 9. The monoisotopic (exact) mass is 403 g/mol. The van der Waals surface area contributed by atoms with Gasteiger partial charge in [0, 0.05) is 12.0 Å². The average Bonchev–Trinajstić information content (AvgIpc) is 3.43. The molecule has 3 aliphatic rings. The van der Waals surface area contributed by atoms with Crippen LogP contribution in [0.1, 0.15) is 52.9 Å². The Kier molecular flexibility index (Phi) is 7.17. The second-order valence-electron chi connectivity index (χ2n) is 9.44. The Balaban J connectivity index is 1.42. The van der Waals surface area contributed by atoms with Gasteiger partial charge in [-0.25, -0.2) is 4.99 Å². The van der Waals surface area contributed by atoms with Gasteiger partial charge in [-0.05, 0) is 84.0 Å². The zero-order chi connectivity index (χ0) is 21.0. The first-order valence-electron chi connectivity index (χ1n) is 11.0. The fourth-order valence-electron chi connectivity index (χ4n) is 4.83. The van der Waals surface area contributed by atoms with E-state index in [1.807, 2.05) is 19.9 Å². The van der Waals surface area contributed by atoms with Gasteiger partial charge in [-0.1, -0.05) is 11.6 Å². The zero-order valence-electron chi connectivity index (χ0n) is 18.2. The largest absolute Gasteiger partial charge is 0.477 e. The summed E-state index contributed by atoms with van der Waals surface area (Å²) >= 11 is 0. The van der Waals surface area contributed by atoms with Gasteiger partial charge in [0.15, 0.2) is 0 Å². The Morgan fingerprint density at radius 2 is 2.03 bits per heavy atom. The van der Waals surface area contributed by atoms with Crippen LogP contribution in [-0.2, 0) is 9.53 Å². The van der Waals surface area contributed by atoms with Crippen molar-refractivity contribution in [1.29, 1.82) is 0 Å². The van der Waals surface area contributed by atoms with Crippen LogP contribution in [0.4, 0.5) is 0 Å². The van der Waals surface area contributed by atoms with E-state index in [9.17, 15) is 9.90 Å². The van der Waals surface area contributed by atoms with Crippen LogP contribution < -0.4 is 5.32 Å². The first-order valence-corrected chi connectivity index (χ1v) is 11.0. The van der Waals surface area contributed by atoms with Crippen LogP contribution in [0, 0.1) is 17.8 Å². The van der Waals surface area contributed by atoms with Crippen molar-refractivity contribution in [2.75, 3.05) is 32.8 Å². The minimum Gasteiger partial charge on any atom is -0.477 e. The highest BCUT2D eigenvalue weighted by atomic mass is 16.5. The number of carbonyl (C=O) groups excluding carboxylic acids is 1. The van der Waals surface area contributed by atoms with Gasteiger partial charge in [0.2, 0.25) is 11.8 Å². The summed E-state index contributed by atoms with van der Waals surface area (Å²) in [5.41, 5.74) is 1.12. The summed E-state index contributed by atoms with van der Waals surface area (Å²) in [6.07, 6.45) is 7.36. The van der Waals surface area contributed by atoms with E-state index >= 15 is 0 Å². The lowest BCUT2D eigenvalue weighted by atomic mass is 9.91. The lowest BCUT2D eigenvalue weighted by molar-refractivity contribution is -0.151. The minimum atomic E-state index is -0.731. The van der Waals surface area contributed by atoms with E-state index in [0.29, 0.717) is 32.0 Å². The van der Waals surface area contributed by atoms with Crippen LogP contribution in [0.5, 0.6) is 0 Å². The van der Waals surface area contributed by atoms with Crippen LogP contribution in [0.2, 0.25) is 0 Å². The molecule has 2 saturated heterocycles. The average molecular weight is 404 g/mol. The van der Waals surface area contributed by atoms with E-state index in [4.69, 9.17) is 4.74 Å². The van der Waals surface area contributed by atoms with E-state index in [-0.39, 0.29) is 5.91 Å². The van der Waals surface area contributed by atoms with Crippen LogP contribution >= 0.6 is 0 Å². The van der Waals surface area contributed by atoms with Crippen LogP contribution in [-0.4, -0.2) is 61.0 Å². The molecule has 3 rings (SSSR count). The van der Waals surface area contributed by atoms with Crippen molar-refractivity contribution in [2.45, 2.75) is 58.5 Å². The molecule has 1 saturated carbocycles. The van der Waals surface area contributed by atoms with Crippen molar-refractivity contribution < 1.29 is 14.6 Å². The van der Waals surface area contributed by atoms with Crippen molar-refractivity contribution in [3.8, 4) is 0 Å². The van der Waals surface area contributed by atoms with Gasteiger partial charge < -0.3 is 20.1 Å². The Bertz CT molecular complexity index is 669. The van der Waals surface area contributed by atoms with Gasteiger partial charge in [0.25, 0.3) is 0 Å². The van der Waals surface area contributed by atoms with Gasteiger partial charge in [0.1, 0.15) is 0 Å². The lowest BCUT2D eigenvalue weighted by Gasteiger charge is -2.44. The molecule has 0 bridgehead atoms. The third-order valence-corrected chi connectivity index (χ3v) is 6.48. The number of hydrogen-bond acceptors (Lipinski definition) is 5. The fourth-order valence-corrected chi connectivity index (χ4v) is 4.83. The number of nitrogens with zero attached hydrogens (tertiary/aromatic N) is 2. The first kappa shape index (κ1) is 22.0. The van der Waals surface area contributed by atoms with Crippen LogP contribution in [0.25, 0.3) is 0 Å². The molecule has 0 radical (unpaired) electrons.